The molecule has 1 aliphatic rings. The van der Waals surface area contributed by atoms with E-state index < -0.39 is 17.6 Å². The van der Waals surface area contributed by atoms with Gasteiger partial charge < -0.3 is 10.6 Å². The standard InChI is InChI=1S/C22H21ClF3N3OS/c23-17-10-7-14(22(24,25)26)11-16(17)20(30)28-15-8-5-13(6-9-15)12-27-21-29-18-3-1-2-4-19(18)31-21/h1-4,7,10-11,13,15H,5-6,8-9,12H2,(H,27,29)(H,28,30)/t13-,15-. The molecule has 1 heterocycles. The van der Waals surface area contributed by atoms with Crippen molar-refractivity contribution in [2.75, 3.05) is 11.9 Å². The number of amides is 1. The maximum Gasteiger partial charge on any atom is 0.416 e. The van der Waals surface area contributed by atoms with E-state index in [0.29, 0.717) is 5.92 Å². The minimum atomic E-state index is -4.52. The van der Waals surface area contributed by atoms with Gasteiger partial charge in [-0.15, -0.1) is 0 Å². The van der Waals surface area contributed by atoms with Gasteiger partial charge in [0.1, 0.15) is 0 Å². The Kier molecular flexibility index (Phi) is 6.39. The molecule has 164 valence electrons. The van der Waals surface area contributed by atoms with Crippen molar-refractivity contribution in [3.8, 4) is 0 Å². The molecular weight excluding hydrogens is 447 g/mol. The number of benzene rings is 2. The lowest BCUT2D eigenvalue weighted by Gasteiger charge is -2.29. The Balaban J connectivity index is 1.28. The normalized spacial score (nSPS) is 19.4. The van der Waals surface area contributed by atoms with E-state index in [1.54, 1.807) is 11.3 Å². The Bertz CT molecular complexity index is 1040. The van der Waals surface area contributed by atoms with Gasteiger partial charge in [0.25, 0.3) is 5.91 Å². The van der Waals surface area contributed by atoms with Crippen LogP contribution in [0, 0.1) is 5.92 Å². The van der Waals surface area contributed by atoms with E-state index in [1.807, 2.05) is 24.3 Å². The van der Waals surface area contributed by atoms with Gasteiger partial charge in [0, 0.05) is 12.6 Å². The van der Waals surface area contributed by atoms with Crippen molar-refractivity contribution in [1.82, 2.24) is 10.3 Å². The number of anilines is 1. The number of halogens is 4. The number of para-hydroxylation sites is 1. The van der Waals surface area contributed by atoms with Crippen molar-refractivity contribution in [1.29, 1.82) is 0 Å². The number of carbonyl (C=O) groups excluding carboxylic acids is 1. The maximum absolute atomic E-state index is 12.9. The van der Waals surface area contributed by atoms with Crippen molar-refractivity contribution < 1.29 is 18.0 Å². The first-order valence-electron chi connectivity index (χ1n) is 10.1. The zero-order valence-electron chi connectivity index (χ0n) is 16.5. The van der Waals surface area contributed by atoms with Crippen molar-refractivity contribution in [2.24, 2.45) is 5.92 Å². The smallest absolute Gasteiger partial charge is 0.361 e. The number of hydrogen-bond acceptors (Lipinski definition) is 4. The summed E-state index contributed by atoms with van der Waals surface area (Å²) < 4.78 is 40.0. The summed E-state index contributed by atoms with van der Waals surface area (Å²) in [6, 6.07) is 10.7. The van der Waals surface area contributed by atoms with E-state index in [-0.39, 0.29) is 16.6 Å². The average Bonchev–Trinajstić information content (AvgIpc) is 3.15. The van der Waals surface area contributed by atoms with Gasteiger partial charge in [-0.1, -0.05) is 35.1 Å². The zero-order valence-corrected chi connectivity index (χ0v) is 18.1. The van der Waals surface area contributed by atoms with Crippen LogP contribution in [0.2, 0.25) is 5.02 Å². The minimum absolute atomic E-state index is 0.0132. The summed E-state index contributed by atoms with van der Waals surface area (Å²) >= 11 is 7.59. The number of thiazole rings is 1. The van der Waals surface area contributed by atoms with Crippen LogP contribution in [-0.2, 0) is 6.18 Å². The van der Waals surface area contributed by atoms with E-state index in [4.69, 9.17) is 11.6 Å². The highest BCUT2D eigenvalue weighted by atomic mass is 35.5. The van der Waals surface area contributed by atoms with Crippen LogP contribution < -0.4 is 10.6 Å². The van der Waals surface area contributed by atoms with E-state index in [2.05, 4.69) is 15.6 Å². The molecule has 0 unspecified atom stereocenters. The molecule has 0 bridgehead atoms. The topological polar surface area (TPSA) is 54.0 Å². The molecule has 1 amide bonds. The van der Waals surface area contributed by atoms with Gasteiger partial charge in [-0.25, -0.2) is 4.98 Å². The second kappa shape index (κ2) is 9.04. The van der Waals surface area contributed by atoms with Crippen LogP contribution in [-0.4, -0.2) is 23.5 Å². The van der Waals surface area contributed by atoms with Gasteiger partial charge in [-0.2, -0.15) is 13.2 Å². The zero-order chi connectivity index (χ0) is 22.0. The van der Waals surface area contributed by atoms with Crippen molar-refractivity contribution in [2.45, 2.75) is 37.9 Å². The third-order valence-electron chi connectivity index (χ3n) is 5.56. The molecule has 1 aromatic heterocycles. The predicted octanol–water partition coefficient (Wildman–Crippen LogP) is 6.37. The predicted molar refractivity (Wildman–Crippen MR) is 118 cm³/mol. The number of hydrogen-bond donors (Lipinski definition) is 2. The van der Waals surface area contributed by atoms with E-state index in [0.717, 1.165) is 65.8 Å². The SMILES string of the molecule is O=C(N[C@H]1CC[C@H](CNc2nc3ccccc3s2)CC1)c1cc(C(F)(F)F)ccc1Cl. The van der Waals surface area contributed by atoms with Crippen molar-refractivity contribution in [3.63, 3.8) is 0 Å². The second-order valence-corrected chi connectivity index (χ2v) is 9.19. The molecular formula is C22H21ClF3N3OS. The summed E-state index contributed by atoms with van der Waals surface area (Å²) in [6.07, 6.45) is -1.14. The molecule has 4 nitrogen and oxygen atoms in total. The van der Waals surface area contributed by atoms with E-state index in [1.165, 1.54) is 0 Å². The fourth-order valence-corrected chi connectivity index (χ4v) is 4.91. The summed E-state index contributed by atoms with van der Waals surface area (Å²) in [5.41, 5.74) is -0.0440. The first kappa shape index (κ1) is 21.9. The lowest BCUT2D eigenvalue weighted by Crippen LogP contribution is -2.38. The molecule has 3 aromatic rings. The van der Waals surface area contributed by atoms with E-state index in [9.17, 15) is 18.0 Å². The molecule has 1 aliphatic carbocycles. The van der Waals surface area contributed by atoms with Crippen LogP contribution in [0.4, 0.5) is 18.3 Å². The number of nitrogens with one attached hydrogen (secondary N) is 2. The van der Waals surface area contributed by atoms with Crippen LogP contribution in [0.25, 0.3) is 10.2 Å². The highest BCUT2D eigenvalue weighted by molar-refractivity contribution is 7.22. The van der Waals surface area contributed by atoms with Gasteiger partial charge in [0.05, 0.1) is 26.4 Å². The van der Waals surface area contributed by atoms with Gasteiger partial charge in [-0.3, -0.25) is 4.79 Å². The highest BCUT2D eigenvalue weighted by Crippen LogP contribution is 2.32. The molecule has 0 aliphatic heterocycles. The molecule has 1 fully saturated rings. The van der Waals surface area contributed by atoms with E-state index >= 15 is 0 Å². The molecule has 31 heavy (non-hydrogen) atoms. The number of aromatic nitrogens is 1. The first-order chi connectivity index (χ1) is 14.8. The summed E-state index contributed by atoms with van der Waals surface area (Å²) in [7, 11) is 0. The largest absolute Gasteiger partial charge is 0.416 e. The monoisotopic (exact) mass is 467 g/mol. The molecule has 9 heteroatoms. The number of carbonyl (C=O) groups is 1. The van der Waals surface area contributed by atoms with Crippen LogP contribution in [0.3, 0.4) is 0 Å². The molecule has 4 rings (SSSR count). The molecule has 1 saturated carbocycles. The molecule has 0 radical (unpaired) electrons. The summed E-state index contributed by atoms with van der Waals surface area (Å²) in [6.45, 7) is 0.806. The third-order valence-corrected chi connectivity index (χ3v) is 6.88. The van der Waals surface area contributed by atoms with Gasteiger partial charge in [0.15, 0.2) is 5.13 Å². The summed E-state index contributed by atoms with van der Waals surface area (Å²) in [4.78, 5) is 17.1. The lowest BCUT2D eigenvalue weighted by atomic mass is 9.86. The molecule has 0 atom stereocenters. The number of nitrogens with zero attached hydrogens (tertiary/aromatic N) is 1. The fourth-order valence-electron chi connectivity index (χ4n) is 3.83. The lowest BCUT2D eigenvalue weighted by molar-refractivity contribution is -0.137. The van der Waals surface area contributed by atoms with Crippen LogP contribution >= 0.6 is 22.9 Å². The quantitative estimate of drug-likeness (QED) is 0.458. The fraction of sp³-hybridized carbons (Fsp3) is 0.364. The second-order valence-electron chi connectivity index (χ2n) is 7.75. The van der Waals surface area contributed by atoms with Gasteiger partial charge >= 0.3 is 6.18 Å². The Hall–Kier alpha value is -2.32. The Morgan fingerprint density at radius 2 is 1.87 bits per heavy atom. The van der Waals surface area contributed by atoms with Crippen LogP contribution in [0.5, 0.6) is 0 Å². The Morgan fingerprint density at radius 1 is 1.13 bits per heavy atom. The number of rotatable bonds is 5. The number of alkyl halides is 3. The van der Waals surface area contributed by atoms with Crippen molar-refractivity contribution >= 4 is 44.2 Å². The molecule has 2 aromatic carbocycles. The summed E-state index contributed by atoms with van der Waals surface area (Å²) in [5.74, 6) is -0.107. The van der Waals surface area contributed by atoms with Crippen molar-refractivity contribution in [3.05, 3.63) is 58.6 Å². The molecule has 0 saturated heterocycles. The first-order valence-corrected chi connectivity index (χ1v) is 11.3. The Labute approximate surface area is 186 Å². The highest BCUT2D eigenvalue weighted by Gasteiger charge is 2.32. The third kappa shape index (κ3) is 5.30. The minimum Gasteiger partial charge on any atom is -0.361 e. The maximum atomic E-state index is 12.9. The van der Waals surface area contributed by atoms with Gasteiger partial charge in [0.2, 0.25) is 0 Å². The van der Waals surface area contributed by atoms with Crippen LogP contribution in [0.1, 0.15) is 41.6 Å². The Morgan fingerprint density at radius 3 is 2.58 bits per heavy atom. The molecule has 2 N–H and O–H groups in total. The summed E-state index contributed by atoms with van der Waals surface area (Å²) in [5, 5.41) is 7.17. The van der Waals surface area contributed by atoms with Crippen LogP contribution in [0.15, 0.2) is 42.5 Å². The van der Waals surface area contributed by atoms with Gasteiger partial charge in [-0.05, 0) is 61.9 Å². The molecule has 0 spiro atoms. The average molecular weight is 468 g/mol. The number of fused-ring (bicyclic) bond motifs is 1.